The molecule has 0 aromatic heterocycles. The van der Waals surface area contributed by atoms with Gasteiger partial charge in [0.1, 0.15) is 5.75 Å². The zero-order valence-electron chi connectivity index (χ0n) is 19.4. The monoisotopic (exact) mass is 450 g/mol. The molecule has 1 heterocycles. The number of para-hydroxylation sites is 1. The smallest absolute Gasteiger partial charge is 0.335 e. The van der Waals surface area contributed by atoms with Crippen molar-refractivity contribution in [1.82, 2.24) is 5.32 Å². The van der Waals surface area contributed by atoms with Crippen molar-refractivity contribution in [2.24, 2.45) is 5.92 Å². The van der Waals surface area contributed by atoms with Gasteiger partial charge in [0, 0.05) is 24.3 Å². The molecule has 2 fully saturated rings. The van der Waals surface area contributed by atoms with E-state index in [2.05, 4.69) is 34.5 Å². The normalized spacial score (nSPS) is 16.8. The molecule has 0 spiro atoms. The summed E-state index contributed by atoms with van der Waals surface area (Å²) >= 11 is 0. The van der Waals surface area contributed by atoms with Crippen LogP contribution in [-0.4, -0.2) is 36.7 Å². The minimum absolute atomic E-state index is 0.0306. The Labute approximate surface area is 195 Å². The molecule has 176 valence electrons. The first-order valence-electron chi connectivity index (χ1n) is 12.2. The second-order valence-corrected chi connectivity index (χ2v) is 9.14. The van der Waals surface area contributed by atoms with Crippen molar-refractivity contribution in [3.63, 3.8) is 0 Å². The van der Waals surface area contributed by atoms with Gasteiger partial charge in [0.05, 0.1) is 24.6 Å². The number of carbonyl (C=O) groups is 2. The van der Waals surface area contributed by atoms with Crippen LogP contribution in [0.3, 0.4) is 0 Å². The molecular formula is C27H34N2O4. The fourth-order valence-corrected chi connectivity index (χ4v) is 4.70. The van der Waals surface area contributed by atoms with Crippen LogP contribution in [0.5, 0.6) is 5.75 Å². The number of carbonyl (C=O) groups excluding carboxylic acids is 1. The van der Waals surface area contributed by atoms with Crippen molar-refractivity contribution in [3.8, 4) is 5.75 Å². The average Bonchev–Trinajstić information content (AvgIpc) is 3.64. The van der Waals surface area contributed by atoms with Crippen LogP contribution < -0.4 is 15.0 Å². The summed E-state index contributed by atoms with van der Waals surface area (Å²) in [6.45, 7) is 4.38. The van der Waals surface area contributed by atoms with E-state index in [-0.39, 0.29) is 23.9 Å². The quantitative estimate of drug-likeness (QED) is 0.534. The molecule has 6 heteroatoms. The van der Waals surface area contributed by atoms with Crippen LogP contribution in [0.4, 0.5) is 5.69 Å². The van der Waals surface area contributed by atoms with Crippen molar-refractivity contribution in [2.75, 3.05) is 24.6 Å². The number of carboxylic acid groups (broad SMARTS) is 1. The first-order chi connectivity index (χ1) is 16.0. The van der Waals surface area contributed by atoms with Crippen LogP contribution >= 0.6 is 0 Å². The van der Waals surface area contributed by atoms with Gasteiger partial charge in [-0.3, -0.25) is 4.79 Å². The predicted molar refractivity (Wildman–Crippen MR) is 129 cm³/mol. The third-order valence-electron chi connectivity index (χ3n) is 6.58. The van der Waals surface area contributed by atoms with Crippen molar-refractivity contribution >= 4 is 17.6 Å². The Balaban J connectivity index is 1.53. The van der Waals surface area contributed by atoms with Gasteiger partial charge >= 0.3 is 5.97 Å². The Morgan fingerprint density at radius 3 is 2.58 bits per heavy atom. The number of nitrogens with zero attached hydrogens (tertiary/aromatic N) is 1. The topological polar surface area (TPSA) is 78.9 Å². The summed E-state index contributed by atoms with van der Waals surface area (Å²) < 4.78 is 5.64. The number of ether oxygens (including phenoxy) is 1. The first-order valence-corrected chi connectivity index (χ1v) is 12.2. The summed E-state index contributed by atoms with van der Waals surface area (Å²) in [6, 6.07) is 13.2. The van der Waals surface area contributed by atoms with Crippen LogP contribution in [0.15, 0.2) is 42.5 Å². The number of benzene rings is 2. The van der Waals surface area contributed by atoms with E-state index in [1.54, 1.807) is 6.07 Å². The number of nitrogens with one attached hydrogen (secondary N) is 1. The van der Waals surface area contributed by atoms with Crippen LogP contribution in [0, 0.1) is 5.92 Å². The van der Waals surface area contributed by atoms with E-state index in [1.807, 2.05) is 6.92 Å². The van der Waals surface area contributed by atoms with E-state index >= 15 is 0 Å². The molecule has 2 aliphatic rings. The van der Waals surface area contributed by atoms with Gasteiger partial charge in [-0.1, -0.05) is 37.1 Å². The summed E-state index contributed by atoms with van der Waals surface area (Å²) in [5, 5.41) is 12.6. The highest BCUT2D eigenvalue weighted by atomic mass is 16.5. The summed E-state index contributed by atoms with van der Waals surface area (Å²) in [5.74, 6) is 0.0439. The Hall–Kier alpha value is -3.02. The van der Waals surface area contributed by atoms with Crippen molar-refractivity contribution in [3.05, 3.63) is 59.2 Å². The van der Waals surface area contributed by atoms with Gasteiger partial charge in [-0.25, -0.2) is 4.79 Å². The van der Waals surface area contributed by atoms with Crippen LogP contribution in [-0.2, 0) is 11.2 Å². The largest absolute Gasteiger partial charge is 0.494 e. The lowest BCUT2D eigenvalue weighted by molar-refractivity contribution is -0.121. The molecule has 6 nitrogen and oxygen atoms in total. The molecule has 1 saturated heterocycles. The van der Waals surface area contributed by atoms with Gasteiger partial charge < -0.3 is 20.1 Å². The summed E-state index contributed by atoms with van der Waals surface area (Å²) in [6.07, 6.45) is 7.26. The molecule has 0 bridgehead atoms. The van der Waals surface area contributed by atoms with Crippen molar-refractivity contribution in [1.29, 1.82) is 0 Å². The van der Waals surface area contributed by atoms with Crippen LogP contribution in [0.2, 0.25) is 0 Å². The summed E-state index contributed by atoms with van der Waals surface area (Å²) in [5.41, 5.74) is 3.30. The third kappa shape index (κ3) is 6.06. The van der Waals surface area contributed by atoms with Gasteiger partial charge in [-0.05, 0) is 62.3 Å². The fourth-order valence-electron chi connectivity index (χ4n) is 4.70. The number of carboxylic acids is 1. The molecule has 0 radical (unpaired) electrons. The Morgan fingerprint density at radius 2 is 1.88 bits per heavy atom. The molecule has 33 heavy (non-hydrogen) atoms. The Bertz CT molecular complexity index is 980. The number of anilines is 1. The molecular weight excluding hydrogens is 416 g/mol. The van der Waals surface area contributed by atoms with E-state index in [0.29, 0.717) is 23.8 Å². The van der Waals surface area contributed by atoms with Gasteiger partial charge in [-0.2, -0.15) is 0 Å². The van der Waals surface area contributed by atoms with Gasteiger partial charge in [0.15, 0.2) is 0 Å². The second kappa shape index (κ2) is 10.7. The van der Waals surface area contributed by atoms with Crippen molar-refractivity contribution in [2.45, 2.75) is 57.9 Å². The maximum absolute atomic E-state index is 13.2. The van der Waals surface area contributed by atoms with Gasteiger partial charge in [-0.15, -0.1) is 0 Å². The average molecular weight is 451 g/mol. The molecule has 1 aliphatic carbocycles. The highest BCUT2D eigenvalue weighted by Crippen LogP contribution is 2.40. The number of piperidine rings is 1. The third-order valence-corrected chi connectivity index (χ3v) is 6.58. The van der Waals surface area contributed by atoms with E-state index in [9.17, 15) is 14.7 Å². The highest BCUT2D eigenvalue weighted by Gasteiger charge is 2.29. The molecule has 1 saturated carbocycles. The number of hydrogen-bond acceptors (Lipinski definition) is 4. The Morgan fingerprint density at radius 1 is 1.12 bits per heavy atom. The number of rotatable bonds is 10. The standard InChI is InChI=1S/C27H34N2O4/c1-2-33-25-17-21(27(31)32)13-12-20(25)18-26(30)28-23(16-19-10-11-19)22-8-4-5-9-24(22)29-14-6-3-7-15-29/h4-5,8-9,12-13,17,19,23H,2-3,6-7,10-11,14-16,18H2,1H3,(H,28,30)(H,31,32). The highest BCUT2D eigenvalue weighted by molar-refractivity contribution is 5.88. The molecule has 1 amide bonds. The predicted octanol–water partition coefficient (Wildman–Crippen LogP) is 4.97. The molecule has 1 atom stereocenters. The molecule has 1 aliphatic heterocycles. The lowest BCUT2D eigenvalue weighted by atomic mass is 9.97. The summed E-state index contributed by atoms with van der Waals surface area (Å²) in [4.78, 5) is 27.0. The lowest BCUT2D eigenvalue weighted by Gasteiger charge is -2.33. The molecule has 2 N–H and O–H groups in total. The van der Waals surface area contributed by atoms with E-state index in [1.165, 1.54) is 55.5 Å². The summed E-state index contributed by atoms with van der Waals surface area (Å²) in [7, 11) is 0. The van der Waals surface area contributed by atoms with Gasteiger partial charge in [0.2, 0.25) is 5.91 Å². The minimum atomic E-state index is -1.01. The molecule has 2 aromatic carbocycles. The zero-order valence-corrected chi connectivity index (χ0v) is 19.4. The molecule has 4 rings (SSSR count). The second-order valence-electron chi connectivity index (χ2n) is 9.14. The fraction of sp³-hybridized carbons (Fsp3) is 0.481. The van der Waals surface area contributed by atoms with Gasteiger partial charge in [0.25, 0.3) is 0 Å². The van der Waals surface area contributed by atoms with Crippen LogP contribution in [0.1, 0.15) is 73.0 Å². The number of amides is 1. The minimum Gasteiger partial charge on any atom is -0.494 e. The van der Waals surface area contributed by atoms with E-state index in [4.69, 9.17) is 4.74 Å². The van der Waals surface area contributed by atoms with Crippen LogP contribution in [0.25, 0.3) is 0 Å². The van der Waals surface area contributed by atoms with E-state index in [0.717, 1.165) is 19.5 Å². The number of hydrogen-bond donors (Lipinski definition) is 2. The maximum Gasteiger partial charge on any atom is 0.335 e. The maximum atomic E-state index is 13.2. The van der Waals surface area contributed by atoms with E-state index < -0.39 is 5.97 Å². The SMILES string of the molecule is CCOc1cc(C(=O)O)ccc1CC(=O)NC(CC1CC1)c1ccccc1N1CCCCC1. The first kappa shape index (κ1) is 23.1. The Kier molecular flexibility index (Phi) is 7.53. The lowest BCUT2D eigenvalue weighted by Crippen LogP contribution is -2.34. The zero-order chi connectivity index (χ0) is 23.2. The number of aromatic carboxylic acids is 1. The van der Waals surface area contributed by atoms with Crippen molar-refractivity contribution < 1.29 is 19.4 Å². The molecule has 2 aromatic rings. The molecule has 1 unspecified atom stereocenters.